The molecule has 2 amide bonds. The fraction of sp³-hybridized carbons (Fsp3) is 0.333. The lowest BCUT2D eigenvalue weighted by Crippen LogP contribution is -2.55. The highest BCUT2D eigenvalue weighted by Gasteiger charge is 2.36. The molecule has 0 saturated carbocycles. The van der Waals surface area contributed by atoms with Crippen molar-refractivity contribution in [2.45, 2.75) is 64.1 Å². The van der Waals surface area contributed by atoms with Crippen LogP contribution in [-0.2, 0) is 26.2 Å². The van der Waals surface area contributed by atoms with Gasteiger partial charge in [0.05, 0.1) is 20.6 Å². The van der Waals surface area contributed by atoms with Gasteiger partial charge in [0.1, 0.15) is 12.6 Å². The van der Waals surface area contributed by atoms with Crippen molar-refractivity contribution in [3.8, 4) is 0 Å². The number of nitrogens with zero attached hydrogens (tertiary/aromatic N) is 2. The number of nitrogens with one attached hydrogen (secondary N) is 1. The first-order valence-electron chi connectivity index (χ1n) is 13.1. The lowest BCUT2D eigenvalue weighted by Gasteiger charge is -2.35. The van der Waals surface area contributed by atoms with Crippen molar-refractivity contribution in [1.82, 2.24) is 10.2 Å². The third kappa shape index (κ3) is 8.11. The van der Waals surface area contributed by atoms with Crippen LogP contribution in [-0.4, -0.2) is 43.3 Å². The van der Waals surface area contributed by atoms with E-state index >= 15 is 0 Å². The van der Waals surface area contributed by atoms with Gasteiger partial charge in [-0.25, -0.2) is 8.42 Å². The number of hydrogen-bond donors (Lipinski definition) is 1. The standard InChI is InChI=1S/C30H33Cl4N3O4S/c1-6-25(29(39)35-30(3,4)5)36(17-21-22(31)9-7-10-23(21)32)27(38)18-37(26-12-8-11-24(33)28(26)34)42(40,41)20-15-13-19(2)14-16-20/h7-16,25H,6,17-18H2,1-5H3,(H,35,39)/t25-/m1/s1. The molecule has 0 radical (unpaired) electrons. The first-order chi connectivity index (χ1) is 19.6. The average molecular weight is 673 g/mol. The molecule has 3 aromatic carbocycles. The van der Waals surface area contributed by atoms with Gasteiger partial charge in [-0.2, -0.15) is 0 Å². The van der Waals surface area contributed by atoms with Crippen molar-refractivity contribution < 1.29 is 18.0 Å². The normalized spacial score (nSPS) is 12.5. The minimum absolute atomic E-state index is 0.0148. The molecule has 0 heterocycles. The Hall–Kier alpha value is -2.49. The van der Waals surface area contributed by atoms with Gasteiger partial charge in [-0.05, 0) is 70.5 Å². The summed E-state index contributed by atoms with van der Waals surface area (Å²) in [6.45, 7) is 8.24. The Bertz CT molecular complexity index is 1540. The lowest BCUT2D eigenvalue weighted by molar-refractivity contribution is -0.141. The summed E-state index contributed by atoms with van der Waals surface area (Å²) >= 11 is 25.7. The van der Waals surface area contributed by atoms with E-state index in [-0.39, 0.29) is 33.6 Å². The summed E-state index contributed by atoms with van der Waals surface area (Å²) < 4.78 is 29.0. The van der Waals surface area contributed by atoms with Crippen molar-refractivity contribution in [2.24, 2.45) is 0 Å². The van der Waals surface area contributed by atoms with Crippen LogP contribution in [0.2, 0.25) is 20.1 Å². The zero-order valence-corrected chi connectivity index (χ0v) is 27.8. The minimum Gasteiger partial charge on any atom is -0.350 e. The Morgan fingerprint density at radius 2 is 1.43 bits per heavy atom. The van der Waals surface area contributed by atoms with Crippen molar-refractivity contribution in [3.05, 3.63) is 91.9 Å². The second-order valence-corrected chi connectivity index (χ2v) is 14.2. The van der Waals surface area contributed by atoms with E-state index in [9.17, 15) is 18.0 Å². The summed E-state index contributed by atoms with van der Waals surface area (Å²) in [5.41, 5.74) is 0.706. The fourth-order valence-corrected chi connectivity index (χ4v) is 6.65. The maximum absolute atomic E-state index is 14.2. The molecule has 0 saturated heterocycles. The van der Waals surface area contributed by atoms with E-state index in [1.54, 1.807) is 43.3 Å². The smallest absolute Gasteiger partial charge is 0.264 e. The van der Waals surface area contributed by atoms with Gasteiger partial charge in [-0.15, -0.1) is 0 Å². The molecule has 0 aliphatic carbocycles. The first-order valence-corrected chi connectivity index (χ1v) is 16.1. The van der Waals surface area contributed by atoms with Gasteiger partial charge in [0.15, 0.2) is 0 Å². The maximum Gasteiger partial charge on any atom is 0.264 e. The highest BCUT2D eigenvalue weighted by molar-refractivity contribution is 7.92. The zero-order valence-electron chi connectivity index (χ0n) is 23.9. The molecule has 0 aromatic heterocycles. The molecule has 3 rings (SSSR count). The van der Waals surface area contributed by atoms with Gasteiger partial charge in [0.25, 0.3) is 10.0 Å². The van der Waals surface area contributed by atoms with Gasteiger partial charge in [-0.1, -0.05) is 83.2 Å². The Balaban J connectivity index is 2.16. The number of rotatable bonds is 10. The topological polar surface area (TPSA) is 86.8 Å². The van der Waals surface area contributed by atoms with E-state index in [0.29, 0.717) is 15.6 Å². The maximum atomic E-state index is 14.2. The van der Waals surface area contributed by atoms with Crippen LogP contribution >= 0.6 is 46.4 Å². The molecule has 0 spiro atoms. The summed E-state index contributed by atoms with van der Waals surface area (Å²) in [4.78, 5) is 28.9. The van der Waals surface area contributed by atoms with Crippen LogP contribution in [0.25, 0.3) is 0 Å². The largest absolute Gasteiger partial charge is 0.350 e. The summed E-state index contributed by atoms with van der Waals surface area (Å²) in [6, 6.07) is 14.7. The molecule has 12 heteroatoms. The quantitative estimate of drug-likeness (QED) is 0.241. The molecule has 1 atom stereocenters. The number of aryl methyl sites for hydroxylation is 1. The summed E-state index contributed by atoms with van der Waals surface area (Å²) in [7, 11) is -4.32. The zero-order chi connectivity index (χ0) is 31.4. The van der Waals surface area contributed by atoms with E-state index in [0.717, 1.165) is 9.87 Å². The predicted octanol–water partition coefficient (Wildman–Crippen LogP) is 7.53. The van der Waals surface area contributed by atoms with E-state index in [1.165, 1.54) is 29.2 Å². The first kappa shape index (κ1) is 34.0. The Morgan fingerprint density at radius 3 is 1.98 bits per heavy atom. The number of anilines is 1. The van der Waals surface area contributed by atoms with Crippen LogP contribution < -0.4 is 9.62 Å². The number of amides is 2. The van der Waals surface area contributed by atoms with Gasteiger partial charge in [0.2, 0.25) is 11.8 Å². The van der Waals surface area contributed by atoms with Crippen LogP contribution in [0.1, 0.15) is 45.2 Å². The SMILES string of the molecule is CC[C@H](C(=O)NC(C)(C)C)N(Cc1c(Cl)cccc1Cl)C(=O)CN(c1cccc(Cl)c1Cl)S(=O)(=O)c1ccc(C)cc1. The van der Waals surface area contributed by atoms with Crippen molar-refractivity contribution in [1.29, 1.82) is 0 Å². The van der Waals surface area contributed by atoms with Crippen LogP contribution in [0, 0.1) is 6.92 Å². The summed E-state index contributed by atoms with van der Waals surface area (Å²) in [5.74, 6) is -1.08. The van der Waals surface area contributed by atoms with Crippen molar-refractivity contribution >= 4 is 73.9 Å². The van der Waals surface area contributed by atoms with Crippen LogP contribution in [0.3, 0.4) is 0 Å². The number of hydrogen-bond acceptors (Lipinski definition) is 4. The average Bonchev–Trinajstić information content (AvgIpc) is 2.89. The number of carbonyl (C=O) groups is 2. The number of halogens is 4. The third-order valence-corrected chi connectivity index (χ3v) is 9.65. The van der Waals surface area contributed by atoms with Gasteiger partial charge >= 0.3 is 0 Å². The van der Waals surface area contributed by atoms with Gasteiger partial charge < -0.3 is 10.2 Å². The minimum atomic E-state index is -4.32. The predicted molar refractivity (Wildman–Crippen MR) is 171 cm³/mol. The van der Waals surface area contributed by atoms with Gasteiger partial charge in [0, 0.05) is 27.7 Å². The summed E-state index contributed by atoms with van der Waals surface area (Å²) in [6.07, 6.45) is 0.234. The van der Waals surface area contributed by atoms with Crippen LogP contribution in [0.4, 0.5) is 5.69 Å². The van der Waals surface area contributed by atoms with Crippen LogP contribution in [0.5, 0.6) is 0 Å². The molecule has 0 fully saturated rings. The summed E-state index contributed by atoms with van der Waals surface area (Å²) in [5, 5.41) is 3.58. The number of carbonyl (C=O) groups excluding carboxylic acids is 2. The van der Waals surface area contributed by atoms with E-state index in [2.05, 4.69) is 5.32 Å². The number of sulfonamides is 1. The van der Waals surface area contributed by atoms with Crippen molar-refractivity contribution in [3.63, 3.8) is 0 Å². The lowest BCUT2D eigenvalue weighted by atomic mass is 10.1. The molecule has 226 valence electrons. The molecule has 7 nitrogen and oxygen atoms in total. The molecular formula is C30H33Cl4N3O4S. The highest BCUT2D eigenvalue weighted by atomic mass is 35.5. The molecule has 0 aliphatic heterocycles. The van der Waals surface area contributed by atoms with Crippen molar-refractivity contribution in [2.75, 3.05) is 10.8 Å². The van der Waals surface area contributed by atoms with E-state index in [1.807, 2.05) is 27.7 Å². The molecular weight excluding hydrogens is 640 g/mol. The van der Waals surface area contributed by atoms with Crippen LogP contribution in [0.15, 0.2) is 65.6 Å². The second kappa shape index (κ2) is 13.9. The van der Waals surface area contributed by atoms with E-state index < -0.39 is 40.0 Å². The van der Waals surface area contributed by atoms with Gasteiger partial charge in [-0.3, -0.25) is 13.9 Å². The molecule has 0 unspecified atom stereocenters. The highest BCUT2D eigenvalue weighted by Crippen LogP contribution is 2.36. The van der Waals surface area contributed by atoms with E-state index in [4.69, 9.17) is 46.4 Å². The molecule has 0 bridgehead atoms. The Kier molecular flexibility index (Phi) is 11.2. The molecule has 3 aromatic rings. The molecule has 1 N–H and O–H groups in total. The molecule has 42 heavy (non-hydrogen) atoms. The third-order valence-electron chi connectivity index (χ3n) is 6.36. The fourth-order valence-electron chi connectivity index (χ4n) is 4.26. The Labute approximate surface area is 267 Å². The molecule has 0 aliphatic rings. The monoisotopic (exact) mass is 671 g/mol. The Morgan fingerprint density at radius 1 is 0.881 bits per heavy atom. The second-order valence-electron chi connectivity index (χ2n) is 10.8. The number of benzene rings is 3.